The molecule has 0 atom stereocenters. The summed E-state index contributed by atoms with van der Waals surface area (Å²) in [6.07, 6.45) is 1.34. The van der Waals surface area contributed by atoms with Crippen LogP contribution in [0, 0.1) is 0 Å². The number of hydrogen-bond acceptors (Lipinski definition) is 4. The van der Waals surface area contributed by atoms with Crippen LogP contribution >= 0.6 is 0 Å². The molecule has 0 spiro atoms. The molecule has 5 heteroatoms. The molecule has 0 heterocycles. The van der Waals surface area contributed by atoms with Gasteiger partial charge < -0.3 is 10.2 Å². The summed E-state index contributed by atoms with van der Waals surface area (Å²) in [7, 11) is -2.99. The van der Waals surface area contributed by atoms with E-state index in [-0.39, 0.29) is 24.7 Å². The van der Waals surface area contributed by atoms with Crippen molar-refractivity contribution in [2.75, 3.05) is 24.7 Å². The van der Waals surface area contributed by atoms with Crippen molar-refractivity contribution in [2.45, 2.75) is 19.3 Å². The molecule has 0 aromatic heterocycles. The van der Waals surface area contributed by atoms with E-state index < -0.39 is 9.84 Å². The lowest BCUT2D eigenvalue weighted by Crippen LogP contribution is -2.12. The van der Waals surface area contributed by atoms with E-state index in [1.54, 1.807) is 0 Å². The van der Waals surface area contributed by atoms with Crippen LogP contribution in [0.2, 0.25) is 0 Å². The molecular weight excluding hydrogens is 180 g/mol. The first-order valence-electron chi connectivity index (χ1n) is 4.04. The Labute approximate surface area is 73.1 Å². The van der Waals surface area contributed by atoms with Crippen LogP contribution in [0.4, 0.5) is 0 Å². The fourth-order valence-electron chi connectivity index (χ4n) is 0.820. The quantitative estimate of drug-likeness (QED) is 0.541. The first-order chi connectivity index (χ1) is 5.62. The molecule has 4 nitrogen and oxygen atoms in total. The third-order valence-corrected chi connectivity index (χ3v) is 3.30. The van der Waals surface area contributed by atoms with E-state index in [1.165, 1.54) is 0 Å². The zero-order chi connectivity index (χ0) is 9.45. The van der Waals surface area contributed by atoms with Crippen molar-refractivity contribution in [3.8, 4) is 0 Å². The Kier molecular flexibility index (Phi) is 6.32. The predicted molar refractivity (Wildman–Crippen MR) is 46.7 cm³/mol. The molecule has 0 aromatic rings. The Balaban J connectivity index is 3.58. The Morgan fingerprint density at radius 3 is 1.83 bits per heavy atom. The normalized spacial score (nSPS) is 11.8. The summed E-state index contributed by atoms with van der Waals surface area (Å²) < 4.78 is 22.1. The van der Waals surface area contributed by atoms with Crippen LogP contribution in [0.15, 0.2) is 0 Å². The maximum Gasteiger partial charge on any atom is 0.150 e. The number of hydrogen-bond donors (Lipinski definition) is 2. The van der Waals surface area contributed by atoms with Gasteiger partial charge >= 0.3 is 0 Å². The van der Waals surface area contributed by atoms with Gasteiger partial charge in [-0.25, -0.2) is 8.42 Å². The maximum absolute atomic E-state index is 11.1. The third-order valence-electron chi connectivity index (χ3n) is 1.48. The van der Waals surface area contributed by atoms with Crippen molar-refractivity contribution in [2.24, 2.45) is 0 Å². The van der Waals surface area contributed by atoms with Gasteiger partial charge in [0, 0.05) is 13.2 Å². The van der Waals surface area contributed by atoms with E-state index in [1.807, 2.05) is 0 Å². The van der Waals surface area contributed by atoms with E-state index in [0.29, 0.717) is 19.3 Å². The predicted octanol–water partition coefficient (Wildman–Crippen LogP) is -0.444. The summed E-state index contributed by atoms with van der Waals surface area (Å²) in [5.74, 6) is 0.169. The average Bonchev–Trinajstić information content (AvgIpc) is 2.01. The molecule has 0 radical (unpaired) electrons. The molecule has 0 amide bonds. The monoisotopic (exact) mass is 196 g/mol. The highest BCUT2D eigenvalue weighted by Gasteiger charge is 2.08. The molecule has 0 bridgehead atoms. The lowest BCUT2D eigenvalue weighted by atomic mass is 10.4. The number of aliphatic hydroxyl groups is 2. The van der Waals surface area contributed by atoms with Crippen LogP contribution in [-0.4, -0.2) is 43.4 Å². The lowest BCUT2D eigenvalue weighted by Gasteiger charge is -2.01. The molecule has 0 saturated carbocycles. The van der Waals surface area contributed by atoms with Crippen LogP contribution in [0.3, 0.4) is 0 Å². The van der Waals surface area contributed by atoms with Crippen molar-refractivity contribution in [3.05, 3.63) is 0 Å². The van der Waals surface area contributed by atoms with E-state index in [4.69, 9.17) is 10.2 Å². The van der Waals surface area contributed by atoms with Crippen LogP contribution in [-0.2, 0) is 9.84 Å². The second-order valence-electron chi connectivity index (χ2n) is 2.66. The van der Waals surface area contributed by atoms with Crippen LogP contribution < -0.4 is 0 Å². The molecular formula is C7H16O4S. The van der Waals surface area contributed by atoms with Gasteiger partial charge in [0.1, 0.15) is 9.84 Å². The topological polar surface area (TPSA) is 74.6 Å². The molecule has 0 aliphatic rings. The molecule has 12 heavy (non-hydrogen) atoms. The van der Waals surface area contributed by atoms with Crippen LogP contribution in [0.1, 0.15) is 19.3 Å². The van der Waals surface area contributed by atoms with Gasteiger partial charge in [-0.05, 0) is 19.3 Å². The van der Waals surface area contributed by atoms with Gasteiger partial charge in [-0.15, -0.1) is 0 Å². The summed E-state index contributed by atoms with van der Waals surface area (Å²) in [5, 5.41) is 16.8. The van der Waals surface area contributed by atoms with E-state index in [0.717, 1.165) is 0 Å². The highest BCUT2D eigenvalue weighted by Crippen LogP contribution is 1.98. The maximum atomic E-state index is 11.1. The fourth-order valence-corrected chi connectivity index (χ4v) is 2.24. The molecule has 0 fully saturated rings. The smallest absolute Gasteiger partial charge is 0.150 e. The Morgan fingerprint density at radius 1 is 0.833 bits per heavy atom. The van der Waals surface area contributed by atoms with Gasteiger partial charge in [0.05, 0.1) is 11.5 Å². The van der Waals surface area contributed by atoms with E-state index >= 15 is 0 Å². The Morgan fingerprint density at radius 2 is 1.33 bits per heavy atom. The minimum Gasteiger partial charge on any atom is -0.396 e. The standard InChI is InChI=1S/C7H16O4S/c8-4-1-2-6-12(10,11)7-3-5-9/h8-9H,1-7H2. The first-order valence-corrected chi connectivity index (χ1v) is 5.86. The first kappa shape index (κ1) is 11.9. The van der Waals surface area contributed by atoms with Crippen LogP contribution in [0.5, 0.6) is 0 Å². The zero-order valence-corrected chi connectivity index (χ0v) is 7.89. The highest BCUT2D eigenvalue weighted by atomic mass is 32.2. The molecule has 0 aliphatic carbocycles. The third kappa shape index (κ3) is 6.57. The summed E-state index contributed by atoms with van der Waals surface area (Å²) in [4.78, 5) is 0. The van der Waals surface area contributed by atoms with Gasteiger partial charge in [0.2, 0.25) is 0 Å². The van der Waals surface area contributed by atoms with Crippen LogP contribution in [0.25, 0.3) is 0 Å². The second kappa shape index (κ2) is 6.39. The van der Waals surface area contributed by atoms with Gasteiger partial charge in [0.15, 0.2) is 0 Å². The van der Waals surface area contributed by atoms with Crippen molar-refractivity contribution in [1.29, 1.82) is 0 Å². The van der Waals surface area contributed by atoms with E-state index in [9.17, 15) is 8.42 Å². The summed E-state index contributed by atoms with van der Waals surface area (Å²) in [6.45, 7) is -0.0469. The van der Waals surface area contributed by atoms with Gasteiger partial charge in [0.25, 0.3) is 0 Å². The number of aliphatic hydroxyl groups excluding tert-OH is 2. The fraction of sp³-hybridized carbons (Fsp3) is 1.00. The number of rotatable bonds is 7. The average molecular weight is 196 g/mol. The van der Waals surface area contributed by atoms with Crippen molar-refractivity contribution < 1.29 is 18.6 Å². The minimum atomic E-state index is -2.99. The molecule has 2 N–H and O–H groups in total. The Bertz CT molecular complexity index is 186. The van der Waals surface area contributed by atoms with Crippen molar-refractivity contribution in [3.63, 3.8) is 0 Å². The molecule has 0 unspecified atom stereocenters. The van der Waals surface area contributed by atoms with Gasteiger partial charge in [-0.3, -0.25) is 0 Å². The minimum absolute atomic E-state index is 0.0372. The highest BCUT2D eigenvalue weighted by molar-refractivity contribution is 7.91. The largest absolute Gasteiger partial charge is 0.396 e. The summed E-state index contributed by atoms with van der Waals surface area (Å²) in [6, 6.07) is 0. The van der Waals surface area contributed by atoms with Gasteiger partial charge in [-0.1, -0.05) is 0 Å². The summed E-state index contributed by atoms with van der Waals surface area (Å²) in [5.41, 5.74) is 0. The lowest BCUT2D eigenvalue weighted by molar-refractivity contribution is 0.287. The van der Waals surface area contributed by atoms with E-state index in [2.05, 4.69) is 0 Å². The summed E-state index contributed by atoms with van der Waals surface area (Å²) >= 11 is 0. The zero-order valence-electron chi connectivity index (χ0n) is 7.07. The molecule has 0 saturated heterocycles. The Hall–Kier alpha value is -0.130. The molecule has 0 aliphatic heterocycles. The second-order valence-corrected chi connectivity index (χ2v) is 4.96. The van der Waals surface area contributed by atoms with Gasteiger partial charge in [-0.2, -0.15) is 0 Å². The molecule has 0 aromatic carbocycles. The molecule has 74 valence electrons. The van der Waals surface area contributed by atoms with Crippen molar-refractivity contribution in [1.82, 2.24) is 0 Å². The SMILES string of the molecule is O=S(=O)(CCCO)CCCCO. The number of sulfone groups is 1. The molecule has 0 rings (SSSR count). The van der Waals surface area contributed by atoms with Crippen molar-refractivity contribution >= 4 is 9.84 Å². The number of unbranched alkanes of at least 4 members (excludes halogenated alkanes) is 1.